The zero-order valence-electron chi connectivity index (χ0n) is 13.0. The van der Waals surface area contributed by atoms with Crippen LogP contribution in [-0.2, 0) is 10.0 Å². The van der Waals surface area contributed by atoms with E-state index >= 15 is 0 Å². The van der Waals surface area contributed by atoms with Crippen molar-refractivity contribution in [1.29, 1.82) is 0 Å². The van der Waals surface area contributed by atoms with Crippen molar-refractivity contribution in [2.45, 2.75) is 28.4 Å². The number of halogens is 1. The summed E-state index contributed by atoms with van der Waals surface area (Å²) in [6, 6.07) is 14.5. The van der Waals surface area contributed by atoms with E-state index in [0.717, 1.165) is 16.1 Å². The fourth-order valence-corrected chi connectivity index (χ4v) is 5.76. The van der Waals surface area contributed by atoms with Gasteiger partial charge in [-0.3, -0.25) is 4.31 Å². The predicted molar refractivity (Wildman–Crippen MR) is 97.1 cm³/mol. The normalized spacial score (nSPS) is 21.1. The molecule has 0 bridgehead atoms. The Morgan fingerprint density at radius 2 is 1.83 bits per heavy atom. The molecule has 3 rings (SSSR count). The average molecular weight is 368 g/mol. The fourth-order valence-electron chi connectivity index (χ4n) is 2.56. The zero-order valence-corrected chi connectivity index (χ0v) is 15.4. The average Bonchev–Trinajstić information content (AvgIpc) is 2.54. The standard InChI is InChI=1S/C17H18ClNO2S2/c1-13-7-9-14(10-8-13)23(20,21)19-12-17(2,11-18)22-16-6-4-3-5-15(16)19/h3-10H,11-12H2,1-2H3. The van der Waals surface area contributed by atoms with Gasteiger partial charge in [0.1, 0.15) is 0 Å². The van der Waals surface area contributed by atoms with E-state index in [-0.39, 0.29) is 4.75 Å². The summed E-state index contributed by atoms with van der Waals surface area (Å²) in [5.41, 5.74) is 1.75. The molecular formula is C17H18ClNO2S2. The van der Waals surface area contributed by atoms with E-state index in [2.05, 4.69) is 0 Å². The monoisotopic (exact) mass is 367 g/mol. The Morgan fingerprint density at radius 1 is 1.17 bits per heavy atom. The van der Waals surface area contributed by atoms with Crippen LogP contribution in [0.5, 0.6) is 0 Å². The van der Waals surface area contributed by atoms with Gasteiger partial charge in [-0.15, -0.1) is 23.4 Å². The van der Waals surface area contributed by atoms with Crippen molar-refractivity contribution in [1.82, 2.24) is 0 Å². The van der Waals surface area contributed by atoms with Crippen molar-refractivity contribution in [2.75, 3.05) is 16.7 Å². The maximum atomic E-state index is 13.1. The molecule has 0 spiro atoms. The third-order valence-corrected chi connectivity index (χ3v) is 7.71. The Morgan fingerprint density at radius 3 is 2.48 bits per heavy atom. The van der Waals surface area contributed by atoms with Crippen LogP contribution in [0.4, 0.5) is 5.69 Å². The minimum atomic E-state index is -3.61. The van der Waals surface area contributed by atoms with Gasteiger partial charge in [-0.2, -0.15) is 0 Å². The summed E-state index contributed by atoms with van der Waals surface area (Å²) >= 11 is 7.77. The lowest BCUT2D eigenvalue weighted by Crippen LogP contribution is -2.46. The molecule has 0 saturated carbocycles. The first-order valence-corrected chi connectivity index (χ1v) is 10.1. The van der Waals surface area contributed by atoms with Crippen LogP contribution in [0.15, 0.2) is 58.3 Å². The molecule has 0 amide bonds. The van der Waals surface area contributed by atoms with Gasteiger partial charge < -0.3 is 0 Å². The quantitative estimate of drug-likeness (QED) is 0.759. The highest BCUT2D eigenvalue weighted by Gasteiger charge is 2.39. The van der Waals surface area contributed by atoms with Crippen LogP contribution in [0.3, 0.4) is 0 Å². The Kier molecular flexibility index (Phi) is 4.38. The molecule has 0 saturated heterocycles. The van der Waals surface area contributed by atoms with Crippen molar-refractivity contribution in [3.8, 4) is 0 Å². The SMILES string of the molecule is Cc1ccc(S(=O)(=O)N2CC(C)(CCl)Sc3ccccc32)cc1. The molecule has 2 aromatic carbocycles. The smallest absolute Gasteiger partial charge is 0.264 e. The lowest BCUT2D eigenvalue weighted by Gasteiger charge is -2.40. The number of benzene rings is 2. The first-order valence-electron chi connectivity index (χ1n) is 7.29. The maximum Gasteiger partial charge on any atom is 0.264 e. The van der Waals surface area contributed by atoms with Gasteiger partial charge in [0.05, 0.1) is 21.9 Å². The molecule has 1 atom stereocenters. The number of aryl methyl sites for hydroxylation is 1. The Labute approximate surface area is 146 Å². The molecule has 0 aliphatic carbocycles. The highest BCUT2D eigenvalue weighted by Crippen LogP contribution is 2.46. The summed E-state index contributed by atoms with van der Waals surface area (Å²) in [7, 11) is -3.61. The molecule has 122 valence electrons. The van der Waals surface area contributed by atoms with E-state index in [1.807, 2.05) is 50.2 Å². The van der Waals surface area contributed by atoms with Crippen LogP contribution in [0.2, 0.25) is 0 Å². The highest BCUT2D eigenvalue weighted by atomic mass is 35.5. The topological polar surface area (TPSA) is 37.4 Å². The van der Waals surface area contributed by atoms with Gasteiger partial charge in [-0.25, -0.2) is 8.42 Å². The van der Waals surface area contributed by atoms with Crippen molar-refractivity contribution >= 4 is 39.1 Å². The van der Waals surface area contributed by atoms with Crippen LogP contribution >= 0.6 is 23.4 Å². The van der Waals surface area contributed by atoms with Gasteiger partial charge in [-0.05, 0) is 38.1 Å². The molecular weight excluding hydrogens is 350 g/mol. The van der Waals surface area contributed by atoms with Crippen LogP contribution in [0.25, 0.3) is 0 Å². The van der Waals surface area contributed by atoms with Gasteiger partial charge in [0, 0.05) is 10.8 Å². The molecule has 2 aromatic rings. The number of rotatable bonds is 3. The van der Waals surface area contributed by atoms with Crippen LogP contribution in [-0.4, -0.2) is 25.6 Å². The second kappa shape index (κ2) is 6.04. The van der Waals surface area contributed by atoms with E-state index in [9.17, 15) is 8.42 Å². The second-order valence-electron chi connectivity index (χ2n) is 5.98. The number of sulfonamides is 1. The van der Waals surface area contributed by atoms with Crippen LogP contribution in [0, 0.1) is 6.92 Å². The summed E-state index contributed by atoms with van der Waals surface area (Å²) in [4.78, 5) is 1.25. The van der Waals surface area contributed by atoms with E-state index in [4.69, 9.17) is 11.6 Å². The number of thioether (sulfide) groups is 1. The predicted octanol–water partition coefficient (Wildman–Crippen LogP) is 4.29. The molecule has 1 aliphatic rings. The third kappa shape index (κ3) is 3.10. The highest BCUT2D eigenvalue weighted by molar-refractivity contribution is 8.01. The lowest BCUT2D eigenvalue weighted by atomic mass is 10.2. The largest absolute Gasteiger partial charge is 0.264 e. The first kappa shape index (κ1) is 16.7. The molecule has 0 N–H and O–H groups in total. The van der Waals surface area contributed by atoms with Gasteiger partial charge >= 0.3 is 0 Å². The van der Waals surface area contributed by atoms with Gasteiger partial charge in [0.25, 0.3) is 10.0 Å². The summed E-state index contributed by atoms with van der Waals surface area (Å²) in [5.74, 6) is 0.381. The minimum absolute atomic E-state index is 0.307. The van der Waals surface area contributed by atoms with E-state index in [0.29, 0.717) is 17.3 Å². The lowest BCUT2D eigenvalue weighted by molar-refractivity contribution is 0.582. The summed E-state index contributed by atoms with van der Waals surface area (Å²) in [6.07, 6.45) is 0. The molecule has 1 heterocycles. The fraction of sp³-hybridized carbons (Fsp3) is 0.294. The Balaban J connectivity index is 2.12. The number of fused-ring (bicyclic) bond motifs is 1. The molecule has 6 heteroatoms. The Hall–Kier alpha value is -1.17. The minimum Gasteiger partial charge on any atom is -0.264 e. The van der Waals surface area contributed by atoms with Crippen molar-refractivity contribution in [3.05, 3.63) is 54.1 Å². The summed E-state index contributed by atoms with van der Waals surface area (Å²) in [5, 5.41) is 0. The molecule has 0 radical (unpaired) electrons. The molecule has 1 aliphatic heterocycles. The van der Waals surface area contributed by atoms with Crippen LogP contribution in [0.1, 0.15) is 12.5 Å². The van der Waals surface area contributed by atoms with Crippen molar-refractivity contribution < 1.29 is 8.42 Å². The summed E-state index contributed by atoms with van der Waals surface area (Å²) in [6.45, 7) is 4.29. The number of nitrogens with zero attached hydrogens (tertiary/aromatic N) is 1. The van der Waals surface area contributed by atoms with Crippen LogP contribution < -0.4 is 4.31 Å². The maximum absolute atomic E-state index is 13.1. The number of hydrogen-bond acceptors (Lipinski definition) is 3. The summed E-state index contributed by atoms with van der Waals surface area (Å²) < 4.78 is 27.4. The van der Waals surface area contributed by atoms with Crippen molar-refractivity contribution in [3.63, 3.8) is 0 Å². The first-order chi connectivity index (χ1) is 10.9. The van der Waals surface area contributed by atoms with Gasteiger partial charge in [0.15, 0.2) is 0 Å². The molecule has 1 unspecified atom stereocenters. The zero-order chi connectivity index (χ0) is 16.7. The second-order valence-corrected chi connectivity index (χ2v) is 9.74. The third-order valence-electron chi connectivity index (χ3n) is 3.86. The van der Waals surface area contributed by atoms with E-state index in [1.54, 1.807) is 23.9 Å². The Bertz CT molecular complexity index is 821. The number of para-hydroxylation sites is 1. The van der Waals surface area contributed by atoms with Crippen molar-refractivity contribution in [2.24, 2.45) is 0 Å². The van der Waals surface area contributed by atoms with E-state index in [1.165, 1.54) is 4.31 Å². The molecule has 3 nitrogen and oxygen atoms in total. The number of hydrogen-bond donors (Lipinski definition) is 0. The van der Waals surface area contributed by atoms with Gasteiger partial charge in [0.2, 0.25) is 0 Å². The van der Waals surface area contributed by atoms with Gasteiger partial charge in [-0.1, -0.05) is 29.8 Å². The number of alkyl halides is 1. The molecule has 0 aromatic heterocycles. The molecule has 23 heavy (non-hydrogen) atoms. The number of anilines is 1. The van der Waals surface area contributed by atoms with E-state index < -0.39 is 10.0 Å². The molecule has 0 fully saturated rings.